The Balaban J connectivity index is 1.65. The largest absolute Gasteiger partial charge is 0.460 e. The fourth-order valence-electron chi connectivity index (χ4n) is 3.17. The van der Waals surface area contributed by atoms with Gasteiger partial charge in [-0.25, -0.2) is 0 Å². The van der Waals surface area contributed by atoms with Gasteiger partial charge in [0.1, 0.15) is 18.1 Å². The van der Waals surface area contributed by atoms with E-state index in [4.69, 9.17) is 9.47 Å². The van der Waals surface area contributed by atoms with Gasteiger partial charge in [0.2, 0.25) is 0 Å². The Morgan fingerprint density at radius 2 is 1.50 bits per heavy atom. The molecule has 0 saturated heterocycles. The van der Waals surface area contributed by atoms with Crippen molar-refractivity contribution in [1.82, 2.24) is 0 Å². The average Bonchev–Trinajstić information content (AvgIpc) is 2.77. The van der Waals surface area contributed by atoms with Gasteiger partial charge in [0.05, 0.1) is 5.92 Å². The second-order valence-electron chi connectivity index (χ2n) is 7.66. The Morgan fingerprint density at radius 1 is 0.867 bits per heavy atom. The molecule has 0 fully saturated rings. The summed E-state index contributed by atoms with van der Waals surface area (Å²) in [5.41, 5.74) is 3.08. The molecule has 1 unspecified atom stereocenters. The Hall–Kier alpha value is -3.33. The first-order valence-electron chi connectivity index (χ1n) is 10.3. The summed E-state index contributed by atoms with van der Waals surface area (Å²) in [5, 5.41) is 0. The van der Waals surface area contributed by atoms with E-state index in [1.54, 1.807) is 0 Å². The molecule has 0 saturated carbocycles. The van der Waals surface area contributed by atoms with Gasteiger partial charge in [-0.2, -0.15) is 0 Å². The molecule has 0 radical (unpaired) electrons. The second kappa shape index (κ2) is 10.4. The molecule has 0 aliphatic heterocycles. The van der Waals surface area contributed by atoms with Crippen LogP contribution >= 0.6 is 0 Å². The van der Waals surface area contributed by atoms with Gasteiger partial charge in [-0.15, -0.1) is 0 Å². The maximum Gasteiger partial charge on any atom is 0.313 e. The van der Waals surface area contributed by atoms with E-state index in [1.807, 2.05) is 112 Å². The SMILES string of the molecule is CC(=CC(C(=O)OCc1cccc(Oc2ccccc2)c1)C(C)C)c1ccccc1. The maximum atomic E-state index is 12.8. The van der Waals surface area contributed by atoms with Crippen molar-refractivity contribution in [3.05, 3.63) is 102 Å². The maximum absolute atomic E-state index is 12.8. The van der Waals surface area contributed by atoms with Gasteiger partial charge in [-0.05, 0) is 53.8 Å². The van der Waals surface area contributed by atoms with Crippen molar-refractivity contribution >= 4 is 11.5 Å². The van der Waals surface area contributed by atoms with E-state index < -0.39 is 0 Å². The first-order chi connectivity index (χ1) is 14.5. The van der Waals surface area contributed by atoms with E-state index in [9.17, 15) is 4.79 Å². The zero-order chi connectivity index (χ0) is 21.3. The van der Waals surface area contributed by atoms with Crippen molar-refractivity contribution in [1.29, 1.82) is 0 Å². The normalized spacial score (nSPS) is 12.5. The summed E-state index contributed by atoms with van der Waals surface area (Å²) >= 11 is 0. The van der Waals surface area contributed by atoms with Gasteiger partial charge in [-0.1, -0.05) is 80.6 Å². The van der Waals surface area contributed by atoms with Crippen LogP contribution in [-0.2, 0) is 16.1 Å². The molecule has 154 valence electrons. The van der Waals surface area contributed by atoms with Crippen molar-refractivity contribution in [2.24, 2.45) is 11.8 Å². The van der Waals surface area contributed by atoms with E-state index in [1.165, 1.54) is 0 Å². The minimum absolute atomic E-state index is 0.143. The predicted octanol–water partition coefficient (Wildman–Crippen LogP) is 6.90. The molecule has 0 amide bonds. The van der Waals surface area contributed by atoms with Crippen LogP contribution in [0.3, 0.4) is 0 Å². The second-order valence-corrected chi connectivity index (χ2v) is 7.66. The van der Waals surface area contributed by atoms with Crippen molar-refractivity contribution in [3.63, 3.8) is 0 Å². The van der Waals surface area contributed by atoms with Crippen LogP contribution in [0.25, 0.3) is 5.57 Å². The summed E-state index contributed by atoms with van der Waals surface area (Å²) in [6, 6.07) is 27.3. The molecule has 3 aromatic carbocycles. The molecule has 0 N–H and O–H groups in total. The average molecular weight is 401 g/mol. The quantitative estimate of drug-likeness (QED) is 0.386. The summed E-state index contributed by atoms with van der Waals surface area (Å²) in [4.78, 5) is 12.8. The molecular formula is C27H28O3. The minimum atomic E-state index is -0.297. The molecule has 0 bridgehead atoms. The van der Waals surface area contributed by atoms with Crippen molar-refractivity contribution in [2.75, 3.05) is 0 Å². The van der Waals surface area contributed by atoms with Gasteiger partial charge in [0.25, 0.3) is 0 Å². The topological polar surface area (TPSA) is 35.5 Å². The molecule has 1 atom stereocenters. The lowest BCUT2D eigenvalue weighted by Gasteiger charge is -2.17. The monoisotopic (exact) mass is 400 g/mol. The van der Waals surface area contributed by atoms with E-state index in [0.29, 0.717) is 0 Å². The molecule has 0 spiro atoms. The third kappa shape index (κ3) is 6.08. The highest BCUT2D eigenvalue weighted by atomic mass is 16.5. The highest BCUT2D eigenvalue weighted by Crippen LogP contribution is 2.24. The number of ether oxygens (including phenoxy) is 2. The summed E-state index contributed by atoms with van der Waals surface area (Å²) in [6.45, 7) is 6.32. The molecular weight excluding hydrogens is 372 g/mol. The lowest BCUT2D eigenvalue weighted by atomic mass is 9.92. The Morgan fingerprint density at radius 3 is 2.17 bits per heavy atom. The third-order valence-corrected chi connectivity index (χ3v) is 4.91. The van der Waals surface area contributed by atoms with Gasteiger partial charge < -0.3 is 9.47 Å². The Labute approximate surface area is 179 Å². The number of allylic oxidation sites excluding steroid dienone is 1. The fraction of sp³-hybridized carbons (Fsp3) is 0.222. The van der Waals surface area contributed by atoms with Gasteiger partial charge in [0, 0.05) is 0 Å². The zero-order valence-corrected chi connectivity index (χ0v) is 17.7. The van der Waals surface area contributed by atoms with Crippen LogP contribution in [-0.4, -0.2) is 5.97 Å². The molecule has 3 nitrogen and oxygen atoms in total. The fourth-order valence-corrected chi connectivity index (χ4v) is 3.17. The standard InChI is InChI=1S/C27H28O3/c1-20(2)26(17-21(3)23-12-6-4-7-13-23)27(28)29-19-22-11-10-16-25(18-22)30-24-14-8-5-9-15-24/h4-18,20,26H,19H2,1-3H3. The van der Waals surface area contributed by atoms with Gasteiger partial charge in [0.15, 0.2) is 0 Å². The van der Waals surface area contributed by atoms with Crippen molar-refractivity contribution in [2.45, 2.75) is 27.4 Å². The van der Waals surface area contributed by atoms with Gasteiger partial charge in [-0.3, -0.25) is 4.79 Å². The number of hydrogen-bond acceptors (Lipinski definition) is 3. The predicted molar refractivity (Wildman–Crippen MR) is 121 cm³/mol. The van der Waals surface area contributed by atoms with Gasteiger partial charge >= 0.3 is 5.97 Å². The first-order valence-corrected chi connectivity index (χ1v) is 10.3. The smallest absolute Gasteiger partial charge is 0.313 e. The lowest BCUT2D eigenvalue weighted by molar-refractivity contribution is -0.149. The van der Waals surface area contributed by atoms with Crippen LogP contribution in [0.5, 0.6) is 11.5 Å². The number of rotatable bonds is 8. The van der Waals surface area contributed by atoms with Crippen LogP contribution < -0.4 is 4.74 Å². The number of carbonyl (C=O) groups excluding carboxylic acids is 1. The van der Waals surface area contributed by atoms with Crippen LogP contribution in [0.4, 0.5) is 0 Å². The Kier molecular flexibility index (Phi) is 7.45. The lowest BCUT2D eigenvalue weighted by Crippen LogP contribution is -2.21. The summed E-state index contributed by atoms with van der Waals surface area (Å²) in [5.74, 6) is 1.12. The number of esters is 1. The van der Waals surface area contributed by atoms with Crippen LogP contribution in [0.1, 0.15) is 31.9 Å². The summed E-state index contributed by atoms with van der Waals surface area (Å²) in [7, 11) is 0. The summed E-state index contributed by atoms with van der Waals surface area (Å²) in [6.07, 6.45) is 2.01. The number of carbonyl (C=O) groups is 1. The van der Waals surface area contributed by atoms with E-state index in [2.05, 4.69) is 0 Å². The molecule has 3 heteroatoms. The van der Waals surface area contributed by atoms with E-state index >= 15 is 0 Å². The molecule has 3 rings (SSSR count). The first kappa shape index (κ1) is 21.4. The number of benzene rings is 3. The van der Waals surface area contributed by atoms with E-state index in [0.717, 1.165) is 28.2 Å². The summed E-state index contributed by atoms with van der Waals surface area (Å²) < 4.78 is 11.5. The molecule has 0 aliphatic carbocycles. The van der Waals surface area contributed by atoms with Crippen LogP contribution in [0, 0.1) is 11.8 Å². The highest BCUT2D eigenvalue weighted by Gasteiger charge is 2.22. The Bertz CT molecular complexity index is 975. The zero-order valence-electron chi connectivity index (χ0n) is 17.7. The van der Waals surface area contributed by atoms with Crippen LogP contribution in [0.2, 0.25) is 0 Å². The van der Waals surface area contributed by atoms with Crippen molar-refractivity contribution in [3.8, 4) is 11.5 Å². The number of para-hydroxylation sites is 1. The molecule has 3 aromatic rings. The van der Waals surface area contributed by atoms with Crippen LogP contribution in [0.15, 0.2) is 91.0 Å². The van der Waals surface area contributed by atoms with E-state index in [-0.39, 0.29) is 24.4 Å². The minimum Gasteiger partial charge on any atom is -0.460 e. The molecule has 30 heavy (non-hydrogen) atoms. The molecule has 0 aromatic heterocycles. The molecule has 0 aliphatic rings. The molecule has 0 heterocycles. The highest BCUT2D eigenvalue weighted by molar-refractivity contribution is 5.78. The third-order valence-electron chi connectivity index (χ3n) is 4.91. The van der Waals surface area contributed by atoms with Crippen molar-refractivity contribution < 1.29 is 14.3 Å². The number of hydrogen-bond donors (Lipinski definition) is 0.